The van der Waals surface area contributed by atoms with Crippen LogP contribution >= 0.6 is 0 Å². The highest BCUT2D eigenvalue weighted by Gasteiger charge is 2.04. The highest BCUT2D eigenvalue weighted by atomic mass is 14.7. The van der Waals surface area contributed by atoms with Crippen LogP contribution in [0.2, 0.25) is 0 Å². The summed E-state index contributed by atoms with van der Waals surface area (Å²) in [6, 6.07) is 2.08. The number of hydrogen-bond acceptors (Lipinski definition) is 2. The number of pyridine rings is 1. The molecule has 0 saturated carbocycles. The molecule has 0 atom stereocenters. The molecule has 0 aromatic carbocycles. The van der Waals surface area contributed by atoms with Crippen molar-refractivity contribution in [3.05, 3.63) is 35.2 Å². The minimum absolute atomic E-state index is 0.581. The number of rotatable bonds is 2. The lowest BCUT2D eigenvalue weighted by Gasteiger charge is -2.07. The lowest BCUT2D eigenvalue weighted by Crippen LogP contribution is -1.97. The van der Waals surface area contributed by atoms with E-state index in [4.69, 9.17) is 5.41 Å². The molecule has 0 radical (unpaired) electrons. The Morgan fingerprint density at radius 2 is 2.07 bits per heavy atom. The highest BCUT2D eigenvalue weighted by molar-refractivity contribution is 6.20. The van der Waals surface area contributed by atoms with Crippen molar-refractivity contribution in [2.75, 3.05) is 0 Å². The summed E-state index contributed by atoms with van der Waals surface area (Å²) in [4.78, 5) is 4.29. The van der Waals surface area contributed by atoms with Gasteiger partial charge >= 0.3 is 0 Å². The topological polar surface area (TPSA) is 36.7 Å². The van der Waals surface area contributed by atoms with Gasteiger partial charge in [0.05, 0.1) is 0 Å². The van der Waals surface area contributed by atoms with Crippen LogP contribution in [0.1, 0.15) is 30.7 Å². The highest BCUT2D eigenvalue weighted by Crippen LogP contribution is 2.17. The summed E-state index contributed by atoms with van der Waals surface area (Å²) in [7, 11) is 0. The number of hydrogen-bond donors (Lipinski definition) is 1. The Balaban J connectivity index is 3.20. The van der Waals surface area contributed by atoms with Crippen LogP contribution in [0.5, 0.6) is 0 Å². The summed E-state index contributed by atoms with van der Waals surface area (Å²) >= 11 is 0. The van der Waals surface area contributed by atoms with Crippen LogP contribution in [0.15, 0.2) is 18.3 Å². The first-order chi connectivity index (χ1) is 6.56. The van der Waals surface area contributed by atoms with Crippen molar-refractivity contribution in [2.45, 2.75) is 27.7 Å². The van der Waals surface area contributed by atoms with Crippen molar-refractivity contribution >= 4 is 11.3 Å². The zero-order valence-electron chi connectivity index (χ0n) is 9.18. The number of nitrogens with one attached hydrogen (secondary N) is 1. The first-order valence-electron chi connectivity index (χ1n) is 4.71. The summed E-state index contributed by atoms with van der Waals surface area (Å²) in [5.74, 6) is 0. The van der Waals surface area contributed by atoms with E-state index in [0.29, 0.717) is 5.71 Å². The SMILES string of the molecule is C/C=C(/C(C)=N)c1cnc(C)c(C)c1. The molecule has 1 aromatic rings. The molecule has 74 valence electrons. The van der Waals surface area contributed by atoms with Gasteiger partial charge in [-0.2, -0.15) is 0 Å². The van der Waals surface area contributed by atoms with Gasteiger partial charge in [0.25, 0.3) is 0 Å². The maximum absolute atomic E-state index is 7.62. The Hall–Kier alpha value is -1.44. The minimum atomic E-state index is 0.581. The zero-order valence-corrected chi connectivity index (χ0v) is 9.18. The summed E-state index contributed by atoms with van der Waals surface area (Å²) in [5.41, 5.74) is 4.79. The normalized spacial score (nSPS) is 11.6. The molecule has 0 aliphatic rings. The summed E-state index contributed by atoms with van der Waals surface area (Å²) in [5, 5.41) is 7.62. The Morgan fingerprint density at radius 1 is 1.43 bits per heavy atom. The average molecular weight is 188 g/mol. The van der Waals surface area contributed by atoms with Crippen LogP contribution in [-0.2, 0) is 0 Å². The van der Waals surface area contributed by atoms with E-state index >= 15 is 0 Å². The molecule has 0 unspecified atom stereocenters. The van der Waals surface area contributed by atoms with Gasteiger partial charge in [0.15, 0.2) is 0 Å². The molecule has 0 saturated heterocycles. The van der Waals surface area contributed by atoms with E-state index in [9.17, 15) is 0 Å². The fraction of sp³-hybridized carbons (Fsp3) is 0.333. The lowest BCUT2D eigenvalue weighted by atomic mass is 10.0. The Kier molecular flexibility index (Phi) is 3.18. The van der Waals surface area contributed by atoms with Crippen molar-refractivity contribution in [3.63, 3.8) is 0 Å². The molecular weight excluding hydrogens is 172 g/mol. The molecule has 14 heavy (non-hydrogen) atoms. The third-order valence-electron chi connectivity index (χ3n) is 2.34. The van der Waals surface area contributed by atoms with E-state index in [2.05, 4.69) is 11.1 Å². The summed E-state index contributed by atoms with van der Waals surface area (Å²) in [6.07, 6.45) is 3.78. The Morgan fingerprint density at radius 3 is 2.50 bits per heavy atom. The van der Waals surface area contributed by atoms with Crippen LogP contribution in [-0.4, -0.2) is 10.7 Å². The maximum Gasteiger partial charge on any atom is 0.0402 e. The molecule has 0 amide bonds. The molecule has 1 N–H and O–H groups in total. The van der Waals surface area contributed by atoms with Gasteiger partial charge in [-0.3, -0.25) is 4.98 Å². The molecule has 1 heterocycles. The fourth-order valence-electron chi connectivity index (χ4n) is 1.39. The van der Waals surface area contributed by atoms with Gasteiger partial charge in [-0.15, -0.1) is 0 Å². The average Bonchev–Trinajstić information content (AvgIpc) is 2.11. The fourth-order valence-corrected chi connectivity index (χ4v) is 1.39. The second kappa shape index (κ2) is 4.18. The molecule has 0 spiro atoms. The number of allylic oxidation sites excluding steroid dienone is 2. The molecule has 0 fully saturated rings. The molecule has 2 heteroatoms. The van der Waals surface area contributed by atoms with Crippen molar-refractivity contribution in [1.29, 1.82) is 5.41 Å². The van der Waals surface area contributed by atoms with Crippen molar-refractivity contribution in [2.24, 2.45) is 0 Å². The maximum atomic E-state index is 7.62. The van der Waals surface area contributed by atoms with Crippen LogP contribution in [0.4, 0.5) is 0 Å². The molecule has 0 aliphatic heterocycles. The molecule has 0 bridgehead atoms. The van der Waals surface area contributed by atoms with Crippen LogP contribution in [0.25, 0.3) is 5.57 Å². The second-order valence-electron chi connectivity index (χ2n) is 3.45. The predicted molar refractivity (Wildman–Crippen MR) is 60.8 cm³/mol. The van der Waals surface area contributed by atoms with Gasteiger partial charge in [0.1, 0.15) is 0 Å². The van der Waals surface area contributed by atoms with Gasteiger partial charge in [-0.1, -0.05) is 6.08 Å². The van der Waals surface area contributed by atoms with E-state index in [1.807, 2.05) is 33.0 Å². The molecule has 2 nitrogen and oxygen atoms in total. The second-order valence-corrected chi connectivity index (χ2v) is 3.45. The molecular formula is C12H16N2. The third kappa shape index (κ3) is 2.08. The first kappa shape index (κ1) is 10.6. The molecule has 1 aromatic heterocycles. The standard InChI is InChI=1S/C12H16N2/c1-5-12(9(3)13)11-6-8(2)10(4)14-7-11/h5-7,13H,1-4H3/b12-5-,13-9?. The smallest absolute Gasteiger partial charge is 0.0402 e. The van der Waals surface area contributed by atoms with E-state index in [0.717, 1.165) is 16.8 Å². The van der Waals surface area contributed by atoms with Crippen LogP contribution in [0.3, 0.4) is 0 Å². The van der Waals surface area contributed by atoms with Crippen LogP contribution < -0.4 is 0 Å². The van der Waals surface area contributed by atoms with Crippen LogP contribution in [0, 0.1) is 19.3 Å². The van der Waals surface area contributed by atoms with E-state index in [1.165, 1.54) is 5.56 Å². The first-order valence-corrected chi connectivity index (χ1v) is 4.71. The number of aromatic nitrogens is 1. The quantitative estimate of drug-likeness (QED) is 0.711. The van der Waals surface area contributed by atoms with Crippen molar-refractivity contribution in [1.82, 2.24) is 4.98 Å². The molecule has 0 aliphatic carbocycles. The Labute approximate surface area is 85.2 Å². The summed E-state index contributed by atoms with van der Waals surface area (Å²) in [6.45, 7) is 7.77. The van der Waals surface area contributed by atoms with Gasteiger partial charge in [-0.25, -0.2) is 0 Å². The monoisotopic (exact) mass is 188 g/mol. The number of nitrogens with zero attached hydrogens (tertiary/aromatic N) is 1. The van der Waals surface area contributed by atoms with Gasteiger partial charge in [0, 0.05) is 23.2 Å². The van der Waals surface area contributed by atoms with Gasteiger partial charge < -0.3 is 5.41 Å². The van der Waals surface area contributed by atoms with Gasteiger partial charge in [0.2, 0.25) is 0 Å². The lowest BCUT2D eigenvalue weighted by molar-refractivity contribution is 1.14. The predicted octanol–water partition coefficient (Wildman–Crippen LogP) is 3.14. The zero-order chi connectivity index (χ0) is 10.7. The molecule has 1 rings (SSSR count). The Bertz CT molecular complexity index is 389. The van der Waals surface area contributed by atoms with E-state index in [1.54, 1.807) is 6.92 Å². The van der Waals surface area contributed by atoms with E-state index in [-0.39, 0.29) is 0 Å². The number of aryl methyl sites for hydroxylation is 2. The minimum Gasteiger partial charge on any atom is -0.305 e. The van der Waals surface area contributed by atoms with Gasteiger partial charge in [-0.05, 0) is 44.9 Å². The van der Waals surface area contributed by atoms with Crippen molar-refractivity contribution in [3.8, 4) is 0 Å². The van der Waals surface area contributed by atoms with E-state index < -0.39 is 0 Å². The third-order valence-corrected chi connectivity index (χ3v) is 2.34. The largest absolute Gasteiger partial charge is 0.305 e. The summed E-state index contributed by atoms with van der Waals surface area (Å²) < 4.78 is 0. The van der Waals surface area contributed by atoms with Crippen molar-refractivity contribution < 1.29 is 0 Å².